The highest BCUT2D eigenvalue weighted by atomic mass is 16.7. The molecule has 1 aliphatic rings. The van der Waals surface area contributed by atoms with Gasteiger partial charge in [-0.25, -0.2) is 0 Å². The molecule has 0 aliphatic heterocycles. The van der Waals surface area contributed by atoms with Crippen molar-refractivity contribution in [3.05, 3.63) is 11.6 Å². The van der Waals surface area contributed by atoms with Crippen LogP contribution in [0.4, 0.5) is 0 Å². The minimum Gasteiger partial charge on any atom is -0.349 e. The number of unbranched alkanes of at least 4 members (excludes halogenated alkanes) is 2. The molecule has 0 N–H and O–H groups in total. The molecule has 0 fully saturated rings. The van der Waals surface area contributed by atoms with E-state index in [9.17, 15) is 0 Å². The summed E-state index contributed by atoms with van der Waals surface area (Å²) in [5.74, 6) is -0.395. The van der Waals surface area contributed by atoms with Crippen LogP contribution in [0.15, 0.2) is 11.6 Å². The summed E-state index contributed by atoms with van der Waals surface area (Å²) in [6.45, 7) is 5.11. The lowest BCUT2D eigenvalue weighted by molar-refractivity contribution is -0.194. The number of methoxy groups -OCH3 is 1. The van der Waals surface area contributed by atoms with Crippen LogP contribution in [0.1, 0.15) is 46.0 Å². The molecule has 0 saturated carbocycles. The van der Waals surface area contributed by atoms with Crippen molar-refractivity contribution in [2.45, 2.75) is 51.7 Å². The molecule has 0 bridgehead atoms. The Bertz CT molecular complexity index is 198. The fourth-order valence-electron chi connectivity index (χ4n) is 1.93. The Morgan fingerprint density at radius 1 is 1.43 bits per heavy atom. The SMILES string of the molecule is CCCCCOC1(OC)CCC=C1C. The van der Waals surface area contributed by atoms with E-state index in [2.05, 4.69) is 19.9 Å². The van der Waals surface area contributed by atoms with Crippen molar-refractivity contribution in [1.29, 1.82) is 0 Å². The van der Waals surface area contributed by atoms with Gasteiger partial charge in [-0.3, -0.25) is 0 Å². The monoisotopic (exact) mass is 198 g/mol. The highest BCUT2D eigenvalue weighted by Crippen LogP contribution is 2.34. The van der Waals surface area contributed by atoms with Crippen LogP contribution in [-0.2, 0) is 9.47 Å². The Morgan fingerprint density at radius 2 is 2.21 bits per heavy atom. The molecular weight excluding hydrogens is 176 g/mol. The highest BCUT2D eigenvalue weighted by Gasteiger charge is 2.35. The maximum atomic E-state index is 5.86. The van der Waals surface area contributed by atoms with Gasteiger partial charge in [-0.15, -0.1) is 0 Å². The van der Waals surface area contributed by atoms with Gasteiger partial charge in [0.25, 0.3) is 0 Å². The molecule has 1 rings (SSSR count). The molecule has 1 aliphatic carbocycles. The van der Waals surface area contributed by atoms with Gasteiger partial charge in [0.05, 0.1) is 6.61 Å². The Hall–Kier alpha value is -0.340. The number of hydrogen-bond acceptors (Lipinski definition) is 2. The van der Waals surface area contributed by atoms with Crippen molar-refractivity contribution in [2.75, 3.05) is 13.7 Å². The van der Waals surface area contributed by atoms with Crippen LogP contribution in [-0.4, -0.2) is 19.5 Å². The first kappa shape index (κ1) is 11.7. The average molecular weight is 198 g/mol. The molecule has 1 unspecified atom stereocenters. The minimum atomic E-state index is -0.395. The fourth-order valence-corrected chi connectivity index (χ4v) is 1.93. The second-order valence-corrected chi connectivity index (χ2v) is 3.94. The molecule has 0 spiro atoms. The minimum absolute atomic E-state index is 0.395. The van der Waals surface area contributed by atoms with E-state index in [0.717, 1.165) is 25.9 Å². The standard InChI is InChI=1S/C12H22O2/c1-4-5-6-10-14-12(13-3)9-7-8-11(12)2/h8H,4-7,9-10H2,1-3H3. The molecule has 2 heteroatoms. The Kier molecular flexibility index (Phi) is 4.63. The van der Waals surface area contributed by atoms with Crippen LogP contribution in [0.25, 0.3) is 0 Å². The Morgan fingerprint density at radius 3 is 2.71 bits per heavy atom. The third-order valence-corrected chi connectivity index (χ3v) is 2.94. The first-order valence-electron chi connectivity index (χ1n) is 5.61. The Balaban J connectivity index is 2.35. The van der Waals surface area contributed by atoms with E-state index in [-0.39, 0.29) is 0 Å². The van der Waals surface area contributed by atoms with Crippen LogP contribution >= 0.6 is 0 Å². The molecule has 0 aromatic carbocycles. The predicted molar refractivity (Wildman–Crippen MR) is 58.2 cm³/mol. The zero-order valence-electron chi connectivity index (χ0n) is 9.64. The van der Waals surface area contributed by atoms with Crippen molar-refractivity contribution in [3.8, 4) is 0 Å². The third-order valence-electron chi connectivity index (χ3n) is 2.94. The van der Waals surface area contributed by atoms with Gasteiger partial charge in [-0.05, 0) is 25.3 Å². The van der Waals surface area contributed by atoms with Crippen LogP contribution in [0.5, 0.6) is 0 Å². The lowest BCUT2D eigenvalue weighted by Gasteiger charge is -2.29. The maximum Gasteiger partial charge on any atom is 0.190 e. The summed E-state index contributed by atoms with van der Waals surface area (Å²) in [5, 5.41) is 0. The number of rotatable bonds is 6. The lowest BCUT2D eigenvalue weighted by Crippen LogP contribution is -2.34. The van der Waals surface area contributed by atoms with E-state index in [1.54, 1.807) is 7.11 Å². The van der Waals surface area contributed by atoms with Crippen LogP contribution in [0, 0.1) is 0 Å². The fraction of sp³-hybridized carbons (Fsp3) is 0.833. The molecular formula is C12H22O2. The first-order valence-corrected chi connectivity index (χ1v) is 5.61. The second-order valence-electron chi connectivity index (χ2n) is 3.94. The van der Waals surface area contributed by atoms with E-state index < -0.39 is 5.79 Å². The van der Waals surface area contributed by atoms with Crippen LogP contribution in [0.3, 0.4) is 0 Å². The van der Waals surface area contributed by atoms with Gasteiger partial charge in [0, 0.05) is 13.5 Å². The summed E-state index contributed by atoms with van der Waals surface area (Å²) in [4.78, 5) is 0. The second kappa shape index (κ2) is 5.52. The van der Waals surface area contributed by atoms with E-state index >= 15 is 0 Å². The molecule has 0 amide bonds. The van der Waals surface area contributed by atoms with Gasteiger partial charge in [0.1, 0.15) is 0 Å². The van der Waals surface area contributed by atoms with Crippen LogP contribution in [0.2, 0.25) is 0 Å². The molecule has 2 nitrogen and oxygen atoms in total. The molecule has 0 aromatic heterocycles. The molecule has 0 aromatic rings. The van der Waals surface area contributed by atoms with Gasteiger partial charge in [-0.1, -0.05) is 25.8 Å². The average Bonchev–Trinajstić information content (AvgIpc) is 2.56. The number of ether oxygens (including phenoxy) is 2. The third kappa shape index (κ3) is 2.58. The van der Waals surface area contributed by atoms with Crippen molar-refractivity contribution < 1.29 is 9.47 Å². The van der Waals surface area contributed by atoms with E-state index in [1.165, 1.54) is 18.4 Å². The molecule has 14 heavy (non-hydrogen) atoms. The maximum absolute atomic E-state index is 5.86. The zero-order valence-corrected chi connectivity index (χ0v) is 9.64. The van der Waals surface area contributed by atoms with E-state index in [1.807, 2.05) is 0 Å². The molecule has 0 radical (unpaired) electrons. The molecule has 0 heterocycles. The summed E-state index contributed by atoms with van der Waals surface area (Å²) in [6, 6.07) is 0. The summed E-state index contributed by atoms with van der Waals surface area (Å²) < 4.78 is 11.4. The normalized spacial score (nSPS) is 26.6. The summed E-state index contributed by atoms with van der Waals surface area (Å²) in [6.07, 6.45) is 7.87. The molecule has 0 saturated heterocycles. The van der Waals surface area contributed by atoms with Gasteiger partial charge >= 0.3 is 0 Å². The highest BCUT2D eigenvalue weighted by molar-refractivity contribution is 5.16. The quantitative estimate of drug-likeness (QED) is 0.370. The van der Waals surface area contributed by atoms with Gasteiger partial charge in [0.2, 0.25) is 0 Å². The Labute approximate surface area is 87.3 Å². The summed E-state index contributed by atoms with van der Waals surface area (Å²) in [5.41, 5.74) is 1.23. The van der Waals surface area contributed by atoms with Gasteiger partial charge in [0.15, 0.2) is 5.79 Å². The van der Waals surface area contributed by atoms with Crippen molar-refractivity contribution in [1.82, 2.24) is 0 Å². The predicted octanol–water partition coefficient (Wildman–Crippen LogP) is 3.28. The van der Waals surface area contributed by atoms with Crippen molar-refractivity contribution >= 4 is 0 Å². The molecule has 1 atom stereocenters. The van der Waals surface area contributed by atoms with Crippen molar-refractivity contribution in [2.24, 2.45) is 0 Å². The smallest absolute Gasteiger partial charge is 0.190 e. The number of allylic oxidation sites excluding steroid dienone is 1. The largest absolute Gasteiger partial charge is 0.349 e. The van der Waals surface area contributed by atoms with Gasteiger partial charge in [-0.2, -0.15) is 0 Å². The van der Waals surface area contributed by atoms with E-state index in [0.29, 0.717) is 0 Å². The summed E-state index contributed by atoms with van der Waals surface area (Å²) >= 11 is 0. The number of hydrogen-bond donors (Lipinski definition) is 0. The molecule has 82 valence electrons. The first-order chi connectivity index (χ1) is 6.75. The summed E-state index contributed by atoms with van der Waals surface area (Å²) in [7, 11) is 1.74. The van der Waals surface area contributed by atoms with E-state index in [4.69, 9.17) is 9.47 Å². The lowest BCUT2D eigenvalue weighted by atomic mass is 10.1. The van der Waals surface area contributed by atoms with Crippen molar-refractivity contribution in [3.63, 3.8) is 0 Å². The zero-order chi connectivity index (χ0) is 10.4. The van der Waals surface area contributed by atoms with Gasteiger partial charge < -0.3 is 9.47 Å². The topological polar surface area (TPSA) is 18.5 Å². The van der Waals surface area contributed by atoms with Crippen LogP contribution < -0.4 is 0 Å².